The van der Waals surface area contributed by atoms with Crippen LogP contribution in [0.2, 0.25) is 0 Å². The van der Waals surface area contributed by atoms with Crippen molar-refractivity contribution in [1.29, 1.82) is 5.26 Å². The minimum Gasteiger partial charge on any atom is -0.302 e. The van der Waals surface area contributed by atoms with E-state index in [0.29, 0.717) is 18.3 Å². The molecule has 0 spiro atoms. The minimum atomic E-state index is -4.40. The average Bonchev–Trinajstić information content (AvgIpc) is 2.49. The molecule has 1 fully saturated rings. The Hall–Kier alpha value is -0.410. The third-order valence-corrected chi connectivity index (χ3v) is 4.23. The number of nitriles is 1. The lowest BCUT2D eigenvalue weighted by Crippen LogP contribution is -2.36. The SMILES string of the molecule is CSC1CCCN(CC(C#N)C(F)(F)F)CC1. The third kappa shape index (κ3) is 4.76. The Morgan fingerprint density at radius 1 is 1.41 bits per heavy atom. The number of rotatable bonds is 3. The van der Waals surface area contributed by atoms with Crippen molar-refractivity contribution in [3.63, 3.8) is 0 Å². The van der Waals surface area contributed by atoms with Crippen LogP contribution < -0.4 is 0 Å². The fraction of sp³-hybridized carbons (Fsp3) is 0.909. The molecule has 17 heavy (non-hydrogen) atoms. The Labute approximate surface area is 104 Å². The molecule has 0 aromatic heterocycles. The van der Waals surface area contributed by atoms with Crippen LogP contribution in [-0.4, -0.2) is 42.2 Å². The van der Waals surface area contributed by atoms with Gasteiger partial charge in [-0.3, -0.25) is 0 Å². The van der Waals surface area contributed by atoms with Crippen molar-refractivity contribution in [2.24, 2.45) is 5.92 Å². The number of thioether (sulfide) groups is 1. The summed E-state index contributed by atoms with van der Waals surface area (Å²) < 4.78 is 37.4. The molecule has 0 aromatic rings. The molecule has 1 aliphatic rings. The fourth-order valence-corrected chi connectivity index (χ4v) is 2.76. The number of hydrogen-bond donors (Lipinski definition) is 0. The molecule has 98 valence electrons. The Bertz CT molecular complexity index is 275. The quantitative estimate of drug-likeness (QED) is 0.786. The maximum Gasteiger partial charge on any atom is 0.405 e. The minimum absolute atomic E-state index is 0.179. The van der Waals surface area contributed by atoms with E-state index in [1.807, 2.05) is 6.26 Å². The molecule has 1 rings (SSSR count). The highest BCUT2D eigenvalue weighted by atomic mass is 32.2. The first kappa shape index (κ1) is 14.7. The van der Waals surface area contributed by atoms with Gasteiger partial charge in [-0.05, 0) is 38.6 Å². The second kappa shape index (κ2) is 6.50. The maximum atomic E-state index is 12.5. The Kier molecular flexibility index (Phi) is 5.60. The zero-order valence-electron chi connectivity index (χ0n) is 9.83. The number of nitrogens with zero attached hydrogens (tertiary/aromatic N) is 2. The van der Waals surface area contributed by atoms with Crippen molar-refractivity contribution in [3.8, 4) is 6.07 Å². The van der Waals surface area contributed by atoms with E-state index in [2.05, 4.69) is 0 Å². The monoisotopic (exact) mass is 266 g/mol. The standard InChI is InChI=1S/C11H17F3N2S/c1-17-10-3-2-5-16(6-4-10)8-9(7-15)11(12,13)14/h9-10H,2-6,8H2,1H3. The average molecular weight is 266 g/mol. The van der Waals surface area contributed by atoms with Crippen molar-refractivity contribution >= 4 is 11.8 Å². The molecule has 6 heteroatoms. The summed E-state index contributed by atoms with van der Waals surface area (Å²) in [6.07, 6.45) is 0.522. The molecular formula is C11H17F3N2S. The first-order valence-electron chi connectivity index (χ1n) is 5.69. The van der Waals surface area contributed by atoms with Gasteiger partial charge in [-0.15, -0.1) is 0 Å². The Morgan fingerprint density at radius 2 is 2.12 bits per heavy atom. The fourth-order valence-electron chi connectivity index (χ4n) is 2.02. The molecule has 0 N–H and O–H groups in total. The molecule has 0 aliphatic carbocycles. The maximum absolute atomic E-state index is 12.5. The summed E-state index contributed by atoms with van der Waals surface area (Å²) in [5.74, 6) is -1.85. The van der Waals surface area contributed by atoms with Gasteiger partial charge < -0.3 is 4.90 Å². The van der Waals surface area contributed by atoms with E-state index >= 15 is 0 Å². The van der Waals surface area contributed by atoms with E-state index < -0.39 is 12.1 Å². The van der Waals surface area contributed by atoms with Crippen LogP contribution in [0.15, 0.2) is 0 Å². The van der Waals surface area contributed by atoms with E-state index in [-0.39, 0.29) is 6.54 Å². The number of hydrogen-bond acceptors (Lipinski definition) is 3. The highest BCUT2D eigenvalue weighted by molar-refractivity contribution is 7.99. The Balaban J connectivity index is 2.49. The molecule has 0 aromatic carbocycles. The summed E-state index contributed by atoms with van der Waals surface area (Å²) in [6, 6.07) is 1.36. The first-order chi connectivity index (χ1) is 7.97. The van der Waals surface area contributed by atoms with Gasteiger partial charge in [0.1, 0.15) is 0 Å². The molecule has 0 saturated carbocycles. The lowest BCUT2D eigenvalue weighted by molar-refractivity contribution is -0.163. The van der Waals surface area contributed by atoms with Crippen LogP contribution in [0.3, 0.4) is 0 Å². The van der Waals surface area contributed by atoms with Crippen molar-refractivity contribution in [2.45, 2.75) is 30.7 Å². The van der Waals surface area contributed by atoms with E-state index in [1.165, 1.54) is 6.07 Å². The van der Waals surface area contributed by atoms with Crippen LogP contribution in [0.4, 0.5) is 13.2 Å². The van der Waals surface area contributed by atoms with Crippen LogP contribution >= 0.6 is 11.8 Å². The summed E-state index contributed by atoms with van der Waals surface area (Å²) in [5.41, 5.74) is 0. The van der Waals surface area contributed by atoms with Crippen molar-refractivity contribution in [3.05, 3.63) is 0 Å². The molecule has 1 heterocycles. The number of alkyl halides is 3. The second-order valence-electron chi connectivity index (χ2n) is 4.31. The highest BCUT2D eigenvalue weighted by Gasteiger charge is 2.40. The van der Waals surface area contributed by atoms with Gasteiger partial charge in [0.25, 0.3) is 0 Å². The lowest BCUT2D eigenvalue weighted by atomic mass is 10.1. The largest absolute Gasteiger partial charge is 0.405 e. The molecule has 0 bridgehead atoms. The number of halogens is 3. The van der Waals surface area contributed by atoms with Crippen LogP contribution in [-0.2, 0) is 0 Å². The molecule has 0 amide bonds. The van der Waals surface area contributed by atoms with Gasteiger partial charge in [0, 0.05) is 11.8 Å². The summed E-state index contributed by atoms with van der Waals surface area (Å²) >= 11 is 1.78. The van der Waals surface area contributed by atoms with Crippen LogP contribution in [0.25, 0.3) is 0 Å². The molecule has 1 aliphatic heterocycles. The van der Waals surface area contributed by atoms with Crippen LogP contribution in [0, 0.1) is 17.2 Å². The predicted molar refractivity (Wildman–Crippen MR) is 62.8 cm³/mol. The van der Waals surface area contributed by atoms with Crippen molar-refractivity contribution in [2.75, 3.05) is 25.9 Å². The smallest absolute Gasteiger partial charge is 0.302 e. The molecule has 1 saturated heterocycles. The van der Waals surface area contributed by atoms with E-state index in [4.69, 9.17) is 5.26 Å². The van der Waals surface area contributed by atoms with Gasteiger partial charge in [0.2, 0.25) is 0 Å². The van der Waals surface area contributed by atoms with E-state index in [1.54, 1.807) is 16.7 Å². The van der Waals surface area contributed by atoms with Gasteiger partial charge in [0.05, 0.1) is 6.07 Å². The number of likely N-dealkylation sites (tertiary alicyclic amines) is 1. The molecule has 2 unspecified atom stereocenters. The summed E-state index contributed by atoms with van der Waals surface area (Å²) in [6.45, 7) is 1.16. The Morgan fingerprint density at radius 3 is 2.65 bits per heavy atom. The second-order valence-corrected chi connectivity index (χ2v) is 5.45. The summed E-state index contributed by atoms with van der Waals surface area (Å²) in [7, 11) is 0. The molecule has 2 atom stereocenters. The normalized spacial score (nSPS) is 25.0. The highest BCUT2D eigenvalue weighted by Crippen LogP contribution is 2.28. The van der Waals surface area contributed by atoms with E-state index in [9.17, 15) is 13.2 Å². The van der Waals surface area contributed by atoms with Gasteiger partial charge >= 0.3 is 6.18 Å². The zero-order chi connectivity index (χ0) is 12.9. The first-order valence-corrected chi connectivity index (χ1v) is 6.97. The van der Waals surface area contributed by atoms with Gasteiger partial charge in [-0.25, -0.2) is 0 Å². The van der Waals surface area contributed by atoms with Gasteiger partial charge in [-0.1, -0.05) is 0 Å². The molecule has 2 nitrogen and oxygen atoms in total. The van der Waals surface area contributed by atoms with E-state index in [0.717, 1.165) is 19.3 Å². The van der Waals surface area contributed by atoms with Crippen LogP contribution in [0.1, 0.15) is 19.3 Å². The van der Waals surface area contributed by atoms with Gasteiger partial charge in [0.15, 0.2) is 5.92 Å². The summed E-state index contributed by atoms with van der Waals surface area (Å²) in [5, 5.41) is 9.11. The lowest BCUT2D eigenvalue weighted by Gasteiger charge is -2.23. The van der Waals surface area contributed by atoms with Crippen LogP contribution in [0.5, 0.6) is 0 Å². The molecule has 0 radical (unpaired) electrons. The van der Waals surface area contributed by atoms with Gasteiger partial charge in [-0.2, -0.15) is 30.2 Å². The molecular weight excluding hydrogens is 249 g/mol. The summed E-state index contributed by atoms with van der Waals surface area (Å²) in [4.78, 5) is 1.78. The zero-order valence-corrected chi connectivity index (χ0v) is 10.7. The van der Waals surface area contributed by atoms with Crippen molar-refractivity contribution in [1.82, 2.24) is 4.90 Å². The van der Waals surface area contributed by atoms with Crippen molar-refractivity contribution < 1.29 is 13.2 Å². The third-order valence-electron chi connectivity index (χ3n) is 3.09. The topological polar surface area (TPSA) is 27.0 Å². The predicted octanol–water partition coefficient (Wildman–Crippen LogP) is 2.91.